The number of hydrogen-bond acceptors (Lipinski definition) is 5. The Morgan fingerprint density at radius 3 is 2.63 bits per heavy atom. The topological polar surface area (TPSA) is 67.4 Å². The summed E-state index contributed by atoms with van der Waals surface area (Å²) < 4.78 is 5.32. The maximum atomic E-state index is 12.4. The predicted octanol–water partition coefficient (Wildman–Crippen LogP) is 2.61. The molecule has 1 atom stereocenters. The number of fused-ring (bicyclic) bond motifs is 1. The Bertz CT molecular complexity index is 827. The molecule has 1 aromatic heterocycles. The van der Waals surface area contributed by atoms with Crippen LogP contribution in [0.15, 0.2) is 24.3 Å². The molecule has 4 rings (SSSR count). The molecule has 1 amide bonds. The second-order valence-electron chi connectivity index (χ2n) is 7.51. The lowest BCUT2D eigenvalue weighted by atomic mass is 9.92. The smallest absolute Gasteiger partial charge is 0.251 e. The highest BCUT2D eigenvalue weighted by atomic mass is 16.5. The lowest BCUT2D eigenvalue weighted by molar-refractivity contribution is 0.0930. The molecule has 6 heteroatoms. The van der Waals surface area contributed by atoms with Crippen molar-refractivity contribution in [2.75, 3.05) is 32.2 Å². The fourth-order valence-electron chi connectivity index (χ4n) is 3.72. The maximum Gasteiger partial charge on any atom is 0.251 e. The fourth-order valence-corrected chi connectivity index (χ4v) is 3.72. The third-order valence-electron chi connectivity index (χ3n) is 5.26. The van der Waals surface area contributed by atoms with Crippen LogP contribution in [0.5, 0.6) is 0 Å². The number of aryl methyl sites for hydroxylation is 1. The van der Waals surface area contributed by atoms with Crippen molar-refractivity contribution in [3.63, 3.8) is 0 Å². The molecule has 2 aromatic rings. The van der Waals surface area contributed by atoms with E-state index in [1.54, 1.807) is 0 Å². The first-order valence-electron chi connectivity index (χ1n) is 9.68. The zero-order valence-corrected chi connectivity index (χ0v) is 16.0. The third kappa shape index (κ3) is 3.81. The zero-order valence-electron chi connectivity index (χ0n) is 16.0. The van der Waals surface area contributed by atoms with Gasteiger partial charge >= 0.3 is 0 Å². The van der Waals surface area contributed by atoms with Crippen molar-refractivity contribution < 1.29 is 9.53 Å². The summed E-state index contributed by atoms with van der Waals surface area (Å²) in [5.74, 6) is 0.699. The molecule has 1 fully saturated rings. The summed E-state index contributed by atoms with van der Waals surface area (Å²) in [7, 11) is 3.93. The number of hydrogen-bond donors (Lipinski definition) is 1. The number of carbonyl (C=O) groups excluding carboxylic acids is 1. The molecule has 0 unspecified atom stereocenters. The quantitative estimate of drug-likeness (QED) is 0.901. The SMILES string of the molecule is CN(C)c1nc2c(c(-c3ccc(C(=O)N[C@@H]4CCOC4)cc3)n1)CCCC2. The molecule has 1 saturated heterocycles. The Balaban J connectivity index is 1.61. The molecule has 0 saturated carbocycles. The Kier molecular flexibility index (Phi) is 5.07. The van der Waals surface area contributed by atoms with Crippen LogP contribution in [-0.4, -0.2) is 49.2 Å². The highest BCUT2D eigenvalue weighted by Crippen LogP contribution is 2.31. The zero-order chi connectivity index (χ0) is 18.8. The number of ether oxygens (including phenoxy) is 1. The lowest BCUT2D eigenvalue weighted by Gasteiger charge is -2.21. The van der Waals surface area contributed by atoms with E-state index in [1.165, 1.54) is 18.4 Å². The van der Waals surface area contributed by atoms with Crippen molar-refractivity contribution in [3.05, 3.63) is 41.1 Å². The van der Waals surface area contributed by atoms with Gasteiger partial charge in [-0.1, -0.05) is 12.1 Å². The van der Waals surface area contributed by atoms with Crippen LogP contribution in [0.2, 0.25) is 0 Å². The molecule has 0 spiro atoms. The molecule has 6 nitrogen and oxygen atoms in total. The van der Waals surface area contributed by atoms with Crippen LogP contribution in [0, 0.1) is 0 Å². The van der Waals surface area contributed by atoms with E-state index in [0.29, 0.717) is 12.2 Å². The van der Waals surface area contributed by atoms with Gasteiger partial charge in [-0.05, 0) is 44.2 Å². The van der Waals surface area contributed by atoms with E-state index in [4.69, 9.17) is 14.7 Å². The van der Waals surface area contributed by atoms with Gasteiger partial charge in [0.1, 0.15) is 0 Å². The van der Waals surface area contributed by atoms with Gasteiger partial charge in [-0.15, -0.1) is 0 Å². The number of carbonyl (C=O) groups is 1. The van der Waals surface area contributed by atoms with E-state index < -0.39 is 0 Å². The average Bonchev–Trinajstić information content (AvgIpc) is 3.20. The monoisotopic (exact) mass is 366 g/mol. The summed E-state index contributed by atoms with van der Waals surface area (Å²) in [5, 5.41) is 3.03. The minimum Gasteiger partial charge on any atom is -0.379 e. The van der Waals surface area contributed by atoms with E-state index in [1.807, 2.05) is 43.3 Å². The van der Waals surface area contributed by atoms with Crippen molar-refractivity contribution in [2.45, 2.75) is 38.1 Å². The van der Waals surface area contributed by atoms with Crippen molar-refractivity contribution in [2.24, 2.45) is 0 Å². The van der Waals surface area contributed by atoms with E-state index in [2.05, 4.69) is 5.32 Å². The number of nitrogens with one attached hydrogen (secondary N) is 1. The predicted molar refractivity (Wildman–Crippen MR) is 105 cm³/mol. The maximum absolute atomic E-state index is 12.4. The first-order chi connectivity index (χ1) is 13.1. The van der Waals surface area contributed by atoms with Crippen LogP contribution in [0.3, 0.4) is 0 Å². The first kappa shape index (κ1) is 17.9. The van der Waals surface area contributed by atoms with Gasteiger partial charge in [0, 0.05) is 43.1 Å². The van der Waals surface area contributed by atoms with Gasteiger partial charge in [0.2, 0.25) is 5.95 Å². The number of benzene rings is 1. The third-order valence-corrected chi connectivity index (χ3v) is 5.26. The lowest BCUT2D eigenvalue weighted by Crippen LogP contribution is -2.34. The largest absolute Gasteiger partial charge is 0.379 e. The fraction of sp³-hybridized carbons (Fsp3) is 0.476. The van der Waals surface area contributed by atoms with E-state index in [-0.39, 0.29) is 11.9 Å². The number of nitrogens with zero attached hydrogens (tertiary/aromatic N) is 3. The molecule has 142 valence electrons. The van der Waals surface area contributed by atoms with E-state index >= 15 is 0 Å². The van der Waals surface area contributed by atoms with E-state index in [9.17, 15) is 4.79 Å². The van der Waals surface area contributed by atoms with Gasteiger partial charge in [0.25, 0.3) is 5.91 Å². The molecule has 2 aliphatic rings. The molecule has 0 bridgehead atoms. The minimum atomic E-state index is -0.0456. The van der Waals surface area contributed by atoms with Gasteiger partial charge in [-0.3, -0.25) is 4.79 Å². The summed E-state index contributed by atoms with van der Waals surface area (Å²) in [6, 6.07) is 7.88. The summed E-state index contributed by atoms with van der Waals surface area (Å²) in [6.07, 6.45) is 5.26. The Morgan fingerprint density at radius 2 is 1.93 bits per heavy atom. The molecule has 27 heavy (non-hydrogen) atoms. The standard InChI is InChI=1S/C21H26N4O2/c1-25(2)21-23-18-6-4-3-5-17(18)19(24-21)14-7-9-15(10-8-14)20(26)22-16-11-12-27-13-16/h7-10,16H,3-6,11-13H2,1-2H3,(H,22,26)/t16-/m1/s1. The second-order valence-corrected chi connectivity index (χ2v) is 7.51. The summed E-state index contributed by atoms with van der Waals surface area (Å²) in [4.78, 5) is 23.9. The van der Waals surface area contributed by atoms with Gasteiger partial charge in [-0.2, -0.15) is 0 Å². The number of anilines is 1. The molecular formula is C21H26N4O2. The summed E-state index contributed by atoms with van der Waals surface area (Å²) in [5.41, 5.74) is 5.13. The highest BCUT2D eigenvalue weighted by Gasteiger charge is 2.21. The molecule has 2 heterocycles. The average molecular weight is 366 g/mol. The van der Waals surface area contributed by atoms with Crippen molar-refractivity contribution in [3.8, 4) is 11.3 Å². The summed E-state index contributed by atoms with van der Waals surface area (Å²) in [6.45, 7) is 1.32. The van der Waals surface area contributed by atoms with Crippen molar-refractivity contribution in [1.82, 2.24) is 15.3 Å². The van der Waals surface area contributed by atoms with Crippen molar-refractivity contribution >= 4 is 11.9 Å². The van der Waals surface area contributed by atoms with Gasteiger partial charge in [-0.25, -0.2) is 9.97 Å². The number of amides is 1. The Morgan fingerprint density at radius 1 is 1.15 bits per heavy atom. The minimum absolute atomic E-state index is 0.0456. The molecule has 0 radical (unpaired) electrons. The van der Waals surface area contributed by atoms with Crippen LogP contribution in [-0.2, 0) is 17.6 Å². The van der Waals surface area contributed by atoms with Crippen LogP contribution < -0.4 is 10.2 Å². The van der Waals surface area contributed by atoms with Gasteiger partial charge < -0.3 is 15.0 Å². The van der Waals surface area contributed by atoms with Crippen LogP contribution in [0.1, 0.15) is 40.9 Å². The van der Waals surface area contributed by atoms with Crippen LogP contribution in [0.25, 0.3) is 11.3 Å². The molecule has 1 aliphatic heterocycles. The van der Waals surface area contributed by atoms with Crippen LogP contribution >= 0.6 is 0 Å². The Hall–Kier alpha value is -2.47. The van der Waals surface area contributed by atoms with Gasteiger partial charge in [0.15, 0.2) is 0 Å². The highest BCUT2D eigenvalue weighted by molar-refractivity contribution is 5.94. The van der Waals surface area contributed by atoms with Crippen molar-refractivity contribution in [1.29, 1.82) is 0 Å². The molecule has 1 N–H and O–H groups in total. The molecular weight excluding hydrogens is 340 g/mol. The Labute approximate surface area is 160 Å². The second kappa shape index (κ2) is 7.64. The molecule has 1 aliphatic carbocycles. The summed E-state index contributed by atoms with van der Waals surface area (Å²) >= 11 is 0. The van der Waals surface area contributed by atoms with E-state index in [0.717, 1.165) is 48.8 Å². The normalized spacial score (nSPS) is 18.8. The van der Waals surface area contributed by atoms with Crippen LogP contribution in [0.4, 0.5) is 5.95 Å². The first-order valence-corrected chi connectivity index (χ1v) is 9.68. The molecule has 1 aromatic carbocycles. The number of rotatable bonds is 4. The van der Waals surface area contributed by atoms with Gasteiger partial charge in [0.05, 0.1) is 18.3 Å². The number of aromatic nitrogens is 2.